The summed E-state index contributed by atoms with van der Waals surface area (Å²) in [4.78, 5) is 2.60. The Morgan fingerprint density at radius 3 is 2.59 bits per heavy atom. The van der Waals surface area contributed by atoms with E-state index in [1.54, 1.807) is 0 Å². The fraction of sp³-hybridized carbons (Fsp3) is 0.571. The third-order valence-electron chi connectivity index (χ3n) is 3.71. The van der Waals surface area contributed by atoms with Crippen LogP contribution in [0.25, 0.3) is 0 Å². The van der Waals surface area contributed by atoms with Crippen molar-refractivity contribution < 1.29 is 0 Å². The van der Waals surface area contributed by atoms with E-state index in [1.165, 1.54) is 43.5 Å². The predicted octanol–water partition coefficient (Wildman–Crippen LogP) is 3.29. The van der Waals surface area contributed by atoms with Crippen LogP contribution in [0.3, 0.4) is 0 Å². The van der Waals surface area contributed by atoms with Crippen LogP contribution in [0, 0.1) is 5.92 Å². The van der Waals surface area contributed by atoms with Crippen molar-refractivity contribution in [3.8, 4) is 0 Å². The first-order valence-electron chi connectivity index (χ1n) is 6.53. The van der Waals surface area contributed by atoms with Crippen LogP contribution in [0.5, 0.6) is 0 Å². The van der Waals surface area contributed by atoms with Gasteiger partial charge in [0.05, 0.1) is 0 Å². The van der Waals surface area contributed by atoms with Crippen molar-refractivity contribution in [3.05, 3.63) is 28.2 Å². The molecule has 1 aromatic carbocycles. The molecule has 92 valence electrons. The molecule has 2 aliphatic rings. The van der Waals surface area contributed by atoms with Crippen LogP contribution in [0.2, 0.25) is 0 Å². The van der Waals surface area contributed by atoms with Gasteiger partial charge in [-0.05, 0) is 55.4 Å². The second-order valence-corrected chi connectivity index (χ2v) is 6.22. The van der Waals surface area contributed by atoms with Crippen molar-refractivity contribution in [3.63, 3.8) is 0 Å². The van der Waals surface area contributed by atoms with Gasteiger partial charge in [-0.15, -0.1) is 0 Å². The number of hydrogen-bond acceptors (Lipinski definition) is 2. The van der Waals surface area contributed by atoms with E-state index in [4.69, 9.17) is 5.73 Å². The molecule has 3 rings (SSSR count). The van der Waals surface area contributed by atoms with Crippen molar-refractivity contribution in [2.45, 2.75) is 38.3 Å². The normalized spacial score (nSPS) is 19.4. The van der Waals surface area contributed by atoms with E-state index in [2.05, 4.69) is 39.0 Å². The van der Waals surface area contributed by atoms with Gasteiger partial charge in [0.15, 0.2) is 0 Å². The van der Waals surface area contributed by atoms with Gasteiger partial charge in [-0.25, -0.2) is 0 Å². The predicted molar refractivity (Wildman–Crippen MR) is 75.1 cm³/mol. The summed E-state index contributed by atoms with van der Waals surface area (Å²) in [7, 11) is 0. The number of nitrogens with zero attached hydrogens (tertiary/aromatic N) is 1. The van der Waals surface area contributed by atoms with Crippen LogP contribution in [0.4, 0.5) is 5.69 Å². The van der Waals surface area contributed by atoms with E-state index < -0.39 is 0 Å². The Kier molecular flexibility index (Phi) is 3.14. The van der Waals surface area contributed by atoms with E-state index in [0.29, 0.717) is 6.54 Å². The van der Waals surface area contributed by atoms with E-state index in [9.17, 15) is 0 Å². The lowest BCUT2D eigenvalue weighted by molar-refractivity contribution is 0.714. The summed E-state index contributed by atoms with van der Waals surface area (Å²) < 4.78 is 1.13. The Labute approximate surface area is 111 Å². The molecule has 0 bridgehead atoms. The molecule has 1 aromatic rings. The molecule has 2 N–H and O–H groups in total. The maximum Gasteiger partial charge on any atom is 0.0415 e. The fourth-order valence-electron chi connectivity index (χ4n) is 2.41. The molecule has 0 spiro atoms. The summed E-state index contributed by atoms with van der Waals surface area (Å²) in [6.45, 7) is 1.86. The molecule has 0 amide bonds. The van der Waals surface area contributed by atoms with Gasteiger partial charge in [-0.3, -0.25) is 0 Å². The minimum Gasteiger partial charge on any atom is -0.368 e. The van der Waals surface area contributed by atoms with Crippen LogP contribution in [0.15, 0.2) is 22.7 Å². The second-order valence-electron chi connectivity index (χ2n) is 5.30. The summed E-state index contributed by atoms with van der Waals surface area (Å²) >= 11 is 3.53. The van der Waals surface area contributed by atoms with E-state index >= 15 is 0 Å². The Bertz CT molecular complexity index is 411. The molecule has 0 aromatic heterocycles. The Hall–Kier alpha value is -0.540. The lowest BCUT2D eigenvalue weighted by Crippen LogP contribution is -2.29. The van der Waals surface area contributed by atoms with Gasteiger partial charge in [0, 0.05) is 29.3 Å². The van der Waals surface area contributed by atoms with E-state index in [0.717, 1.165) is 16.4 Å². The third kappa shape index (κ3) is 2.66. The molecule has 0 aliphatic heterocycles. The molecule has 0 atom stereocenters. The molecule has 0 unspecified atom stereocenters. The van der Waals surface area contributed by atoms with Gasteiger partial charge in [-0.2, -0.15) is 0 Å². The summed E-state index contributed by atoms with van der Waals surface area (Å²) in [5, 5.41) is 0. The minimum atomic E-state index is 0.628. The van der Waals surface area contributed by atoms with Crippen molar-refractivity contribution in [1.29, 1.82) is 0 Å². The molecule has 2 aliphatic carbocycles. The molecule has 0 heterocycles. The standard InChI is InChI=1S/C14H19BrN2/c15-12-3-6-14(11(7-12)8-16)17(13-4-5-13)9-10-1-2-10/h3,6-7,10,13H,1-2,4-5,8-9,16H2. The summed E-state index contributed by atoms with van der Waals surface area (Å²) in [5.41, 5.74) is 8.51. The zero-order chi connectivity index (χ0) is 11.8. The average Bonchev–Trinajstić information content (AvgIpc) is 3.18. The zero-order valence-corrected chi connectivity index (χ0v) is 11.6. The third-order valence-corrected chi connectivity index (χ3v) is 4.20. The largest absolute Gasteiger partial charge is 0.368 e. The highest BCUT2D eigenvalue weighted by atomic mass is 79.9. The quantitative estimate of drug-likeness (QED) is 0.903. The number of anilines is 1. The molecule has 2 nitrogen and oxygen atoms in total. The van der Waals surface area contributed by atoms with Crippen molar-refractivity contribution in [2.75, 3.05) is 11.4 Å². The van der Waals surface area contributed by atoms with Gasteiger partial charge in [-0.1, -0.05) is 15.9 Å². The Morgan fingerprint density at radius 1 is 1.24 bits per heavy atom. The van der Waals surface area contributed by atoms with Crippen LogP contribution < -0.4 is 10.6 Å². The molecule has 2 saturated carbocycles. The highest BCUT2D eigenvalue weighted by Crippen LogP contribution is 2.39. The maximum absolute atomic E-state index is 5.88. The van der Waals surface area contributed by atoms with Gasteiger partial charge >= 0.3 is 0 Å². The molecule has 0 saturated heterocycles. The van der Waals surface area contributed by atoms with Crippen LogP contribution in [-0.2, 0) is 6.54 Å². The number of nitrogens with two attached hydrogens (primary N) is 1. The first-order valence-corrected chi connectivity index (χ1v) is 7.32. The topological polar surface area (TPSA) is 29.3 Å². The van der Waals surface area contributed by atoms with Crippen LogP contribution in [-0.4, -0.2) is 12.6 Å². The van der Waals surface area contributed by atoms with Gasteiger partial charge in [0.2, 0.25) is 0 Å². The molecule has 0 radical (unpaired) electrons. The maximum atomic E-state index is 5.88. The first kappa shape index (κ1) is 11.5. The van der Waals surface area contributed by atoms with Gasteiger partial charge in [0.1, 0.15) is 0 Å². The summed E-state index contributed by atoms with van der Waals surface area (Å²) in [6.07, 6.45) is 5.54. The van der Waals surface area contributed by atoms with Crippen LogP contribution >= 0.6 is 15.9 Å². The van der Waals surface area contributed by atoms with E-state index in [-0.39, 0.29) is 0 Å². The smallest absolute Gasteiger partial charge is 0.0415 e. The highest BCUT2D eigenvalue weighted by Gasteiger charge is 2.34. The lowest BCUT2D eigenvalue weighted by atomic mass is 10.1. The fourth-order valence-corrected chi connectivity index (χ4v) is 2.82. The molecule has 2 fully saturated rings. The Balaban J connectivity index is 1.87. The number of rotatable bonds is 5. The van der Waals surface area contributed by atoms with Crippen molar-refractivity contribution in [2.24, 2.45) is 11.7 Å². The minimum absolute atomic E-state index is 0.628. The van der Waals surface area contributed by atoms with Crippen molar-refractivity contribution in [1.82, 2.24) is 0 Å². The summed E-state index contributed by atoms with van der Waals surface area (Å²) in [6, 6.07) is 7.31. The van der Waals surface area contributed by atoms with E-state index in [1.807, 2.05) is 0 Å². The molecule has 3 heteroatoms. The molecular formula is C14H19BrN2. The average molecular weight is 295 g/mol. The Morgan fingerprint density at radius 2 is 2.00 bits per heavy atom. The van der Waals surface area contributed by atoms with Crippen molar-refractivity contribution >= 4 is 21.6 Å². The molecule has 17 heavy (non-hydrogen) atoms. The monoisotopic (exact) mass is 294 g/mol. The zero-order valence-electron chi connectivity index (χ0n) is 10.0. The molecular weight excluding hydrogens is 276 g/mol. The SMILES string of the molecule is NCc1cc(Br)ccc1N(CC1CC1)C1CC1. The van der Waals surface area contributed by atoms with Gasteiger partial charge < -0.3 is 10.6 Å². The number of benzene rings is 1. The lowest BCUT2D eigenvalue weighted by Gasteiger charge is -2.27. The second kappa shape index (κ2) is 4.62. The number of hydrogen-bond donors (Lipinski definition) is 1. The first-order chi connectivity index (χ1) is 8.28. The number of halogens is 1. The summed E-state index contributed by atoms with van der Waals surface area (Å²) in [5.74, 6) is 0.935. The van der Waals surface area contributed by atoms with Crippen LogP contribution in [0.1, 0.15) is 31.2 Å². The van der Waals surface area contributed by atoms with Gasteiger partial charge in [0.25, 0.3) is 0 Å². The highest BCUT2D eigenvalue weighted by molar-refractivity contribution is 9.10.